The van der Waals surface area contributed by atoms with Gasteiger partial charge in [-0.2, -0.15) is 5.10 Å². The number of aromatic nitrogens is 2. The van der Waals surface area contributed by atoms with Crippen molar-refractivity contribution >= 4 is 5.91 Å². The third-order valence-corrected chi connectivity index (χ3v) is 3.40. The van der Waals surface area contributed by atoms with Crippen molar-refractivity contribution in [2.75, 3.05) is 13.2 Å². The molecule has 0 fully saturated rings. The van der Waals surface area contributed by atoms with Crippen LogP contribution in [0.3, 0.4) is 0 Å². The molecule has 0 saturated heterocycles. The first-order chi connectivity index (χ1) is 12.2. The highest BCUT2D eigenvalue weighted by atomic mass is 16.5. The molecular formula is C18H17N3O4. The molecule has 1 amide bonds. The number of hydrogen-bond acceptors (Lipinski definition) is 5. The standard InChI is InChI=1S/C18H17N3O4/c22-17(13-25-14-5-2-1-3-6-14)19-10-11-21-18(23)9-8-15(20-21)16-7-4-12-24-16/h1-9,12H,10-11,13H2,(H,19,22). The second kappa shape index (κ2) is 7.96. The van der Waals surface area contributed by atoms with Gasteiger partial charge < -0.3 is 14.5 Å². The van der Waals surface area contributed by atoms with Gasteiger partial charge in [-0.1, -0.05) is 18.2 Å². The second-order valence-electron chi connectivity index (χ2n) is 5.21. The van der Waals surface area contributed by atoms with Crippen molar-refractivity contribution in [1.82, 2.24) is 15.1 Å². The molecule has 0 aliphatic carbocycles. The van der Waals surface area contributed by atoms with Gasteiger partial charge in [0, 0.05) is 12.6 Å². The Morgan fingerprint density at radius 3 is 2.72 bits per heavy atom. The smallest absolute Gasteiger partial charge is 0.266 e. The Labute approximate surface area is 143 Å². The van der Waals surface area contributed by atoms with Crippen LogP contribution in [0.4, 0.5) is 0 Å². The van der Waals surface area contributed by atoms with Crippen LogP contribution < -0.4 is 15.6 Å². The van der Waals surface area contributed by atoms with Gasteiger partial charge in [-0.3, -0.25) is 9.59 Å². The fourth-order valence-electron chi connectivity index (χ4n) is 2.18. The normalized spacial score (nSPS) is 10.4. The summed E-state index contributed by atoms with van der Waals surface area (Å²) < 4.78 is 11.9. The van der Waals surface area contributed by atoms with Crippen molar-refractivity contribution in [3.8, 4) is 17.2 Å². The Kier molecular flexibility index (Phi) is 5.26. The van der Waals surface area contributed by atoms with Crippen LogP contribution in [0.2, 0.25) is 0 Å². The Morgan fingerprint density at radius 2 is 1.96 bits per heavy atom. The molecule has 0 atom stereocenters. The summed E-state index contributed by atoms with van der Waals surface area (Å²) in [4.78, 5) is 23.6. The molecule has 0 saturated carbocycles. The molecule has 0 aliphatic heterocycles. The molecule has 2 heterocycles. The number of nitrogens with one attached hydrogen (secondary N) is 1. The van der Waals surface area contributed by atoms with Crippen LogP contribution in [0.15, 0.2) is 70.1 Å². The van der Waals surface area contributed by atoms with Crippen LogP contribution in [0.5, 0.6) is 5.75 Å². The molecule has 128 valence electrons. The molecule has 2 aromatic heterocycles. The van der Waals surface area contributed by atoms with Crippen molar-refractivity contribution < 1.29 is 13.9 Å². The summed E-state index contributed by atoms with van der Waals surface area (Å²) in [5.74, 6) is 0.940. The van der Waals surface area contributed by atoms with E-state index in [2.05, 4.69) is 10.4 Å². The number of carbonyl (C=O) groups excluding carboxylic acids is 1. The largest absolute Gasteiger partial charge is 0.484 e. The van der Waals surface area contributed by atoms with E-state index in [4.69, 9.17) is 9.15 Å². The third kappa shape index (κ3) is 4.57. The van der Waals surface area contributed by atoms with Gasteiger partial charge in [0.1, 0.15) is 11.4 Å². The lowest BCUT2D eigenvalue weighted by molar-refractivity contribution is -0.123. The number of furan rings is 1. The number of amides is 1. The van der Waals surface area contributed by atoms with Crippen LogP contribution in [0, 0.1) is 0 Å². The number of hydrogen-bond donors (Lipinski definition) is 1. The molecule has 3 aromatic rings. The molecule has 7 heteroatoms. The van der Waals surface area contributed by atoms with Crippen molar-refractivity contribution in [1.29, 1.82) is 0 Å². The minimum Gasteiger partial charge on any atom is -0.484 e. The zero-order valence-electron chi connectivity index (χ0n) is 13.4. The first-order valence-electron chi connectivity index (χ1n) is 7.79. The van der Waals surface area contributed by atoms with Gasteiger partial charge in [0.25, 0.3) is 11.5 Å². The number of carbonyl (C=O) groups is 1. The van der Waals surface area contributed by atoms with Gasteiger partial charge in [-0.25, -0.2) is 4.68 Å². The van der Waals surface area contributed by atoms with Gasteiger partial charge >= 0.3 is 0 Å². The van der Waals surface area contributed by atoms with E-state index in [0.29, 0.717) is 17.2 Å². The van der Waals surface area contributed by atoms with Gasteiger partial charge in [-0.15, -0.1) is 0 Å². The van der Waals surface area contributed by atoms with Crippen molar-refractivity contribution in [3.63, 3.8) is 0 Å². The quantitative estimate of drug-likeness (QED) is 0.708. The van der Waals surface area contributed by atoms with E-state index in [1.807, 2.05) is 18.2 Å². The zero-order chi connectivity index (χ0) is 17.5. The number of ether oxygens (including phenoxy) is 1. The lowest BCUT2D eigenvalue weighted by atomic mass is 10.3. The summed E-state index contributed by atoms with van der Waals surface area (Å²) in [7, 11) is 0. The van der Waals surface area contributed by atoms with E-state index in [1.165, 1.54) is 10.7 Å². The van der Waals surface area contributed by atoms with Crippen molar-refractivity contribution in [2.24, 2.45) is 0 Å². The number of rotatable bonds is 7. The molecule has 25 heavy (non-hydrogen) atoms. The minimum atomic E-state index is -0.265. The second-order valence-corrected chi connectivity index (χ2v) is 5.21. The van der Waals surface area contributed by atoms with Crippen LogP contribution in [-0.4, -0.2) is 28.8 Å². The highest BCUT2D eigenvalue weighted by Gasteiger charge is 2.07. The summed E-state index contributed by atoms with van der Waals surface area (Å²) in [6.45, 7) is 0.439. The number of nitrogens with zero attached hydrogens (tertiary/aromatic N) is 2. The lowest BCUT2D eigenvalue weighted by Crippen LogP contribution is -2.34. The van der Waals surface area contributed by atoms with Crippen LogP contribution in [0.25, 0.3) is 11.5 Å². The number of benzene rings is 1. The average Bonchev–Trinajstić information content (AvgIpc) is 3.17. The molecule has 1 N–H and O–H groups in total. The van der Waals surface area contributed by atoms with Gasteiger partial charge in [0.2, 0.25) is 0 Å². The number of para-hydroxylation sites is 1. The zero-order valence-corrected chi connectivity index (χ0v) is 13.4. The highest BCUT2D eigenvalue weighted by molar-refractivity contribution is 5.77. The fraction of sp³-hybridized carbons (Fsp3) is 0.167. The molecule has 0 aliphatic rings. The van der Waals surface area contributed by atoms with Crippen molar-refractivity contribution in [3.05, 3.63) is 71.2 Å². The van der Waals surface area contributed by atoms with E-state index in [0.717, 1.165) is 0 Å². The highest BCUT2D eigenvalue weighted by Crippen LogP contribution is 2.14. The van der Waals surface area contributed by atoms with E-state index in [9.17, 15) is 9.59 Å². The molecule has 0 spiro atoms. The van der Waals surface area contributed by atoms with Crippen LogP contribution in [0.1, 0.15) is 0 Å². The Hall–Kier alpha value is -3.35. The Morgan fingerprint density at radius 1 is 1.12 bits per heavy atom. The molecule has 7 nitrogen and oxygen atoms in total. The van der Waals surface area contributed by atoms with E-state index < -0.39 is 0 Å². The Balaban J connectivity index is 1.51. The monoisotopic (exact) mass is 339 g/mol. The summed E-state index contributed by atoms with van der Waals surface area (Å²) in [6.07, 6.45) is 1.54. The molecular weight excluding hydrogens is 322 g/mol. The maximum atomic E-state index is 11.9. The van der Waals surface area contributed by atoms with Crippen molar-refractivity contribution in [2.45, 2.75) is 6.54 Å². The summed E-state index contributed by atoms with van der Waals surface area (Å²) >= 11 is 0. The van der Waals surface area contributed by atoms with Gasteiger partial charge in [0.15, 0.2) is 12.4 Å². The molecule has 0 radical (unpaired) electrons. The van der Waals surface area contributed by atoms with Gasteiger partial charge in [0.05, 0.1) is 12.8 Å². The predicted molar refractivity (Wildman–Crippen MR) is 91.1 cm³/mol. The Bertz CT molecular complexity index is 873. The maximum Gasteiger partial charge on any atom is 0.266 e. The molecule has 1 aromatic carbocycles. The molecule has 3 rings (SSSR count). The van der Waals surface area contributed by atoms with Crippen LogP contribution in [-0.2, 0) is 11.3 Å². The fourth-order valence-corrected chi connectivity index (χ4v) is 2.18. The maximum absolute atomic E-state index is 11.9. The molecule has 0 unspecified atom stereocenters. The van der Waals surface area contributed by atoms with Crippen LogP contribution >= 0.6 is 0 Å². The van der Waals surface area contributed by atoms with E-state index in [1.54, 1.807) is 36.6 Å². The third-order valence-electron chi connectivity index (χ3n) is 3.40. The summed E-state index contributed by atoms with van der Waals surface area (Å²) in [6, 6.07) is 15.6. The summed E-state index contributed by atoms with van der Waals surface area (Å²) in [5.41, 5.74) is 0.313. The average molecular weight is 339 g/mol. The minimum absolute atomic E-state index is 0.0845. The first-order valence-corrected chi connectivity index (χ1v) is 7.79. The van der Waals surface area contributed by atoms with Gasteiger partial charge in [-0.05, 0) is 30.3 Å². The lowest BCUT2D eigenvalue weighted by Gasteiger charge is -2.09. The first kappa shape index (κ1) is 16.5. The summed E-state index contributed by atoms with van der Waals surface area (Å²) in [5, 5.41) is 6.93. The van der Waals surface area contributed by atoms with E-state index >= 15 is 0 Å². The van der Waals surface area contributed by atoms with E-state index in [-0.39, 0.29) is 31.2 Å². The SMILES string of the molecule is O=C(COc1ccccc1)NCCn1nc(-c2ccco2)ccc1=O. The topological polar surface area (TPSA) is 86.4 Å². The predicted octanol–water partition coefficient (Wildman–Crippen LogP) is 1.70. The molecule has 0 bridgehead atoms.